The van der Waals surface area contributed by atoms with E-state index in [2.05, 4.69) is 5.32 Å². The first-order valence-electron chi connectivity index (χ1n) is 10.2. The third-order valence-corrected chi connectivity index (χ3v) is 5.53. The van der Waals surface area contributed by atoms with Crippen molar-refractivity contribution >= 4 is 17.8 Å². The first kappa shape index (κ1) is 20.1. The van der Waals surface area contributed by atoms with Crippen molar-refractivity contribution < 1.29 is 19.1 Å². The Morgan fingerprint density at radius 3 is 2.47 bits per heavy atom. The Labute approximate surface area is 175 Å². The van der Waals surface area contributed by atoms with Gasteiger partial charge in [-0.3, -0.25) is 14.5 Å². The third-order valence-electron chi connectivity index (χ3n) is 5.53. The van der Waals surface area contributed by atoms with Crippen molar-refractivity contribution in [1.29, 1.82) is 0 Å². The highest BCUT2D eigenvalue weighted by Gasteiger charge is 2.38. The van der Waals surface area contributed by atoms with Gasteiger partial charge in [-0.25, -0.2) is 4.79 Å². The lowest BCUT2D eigenvalue weighted by Gasteiger charge is -2.33. The molecule has 1 N–H and O–H groups in total. The van der Waals surface area contributed by atoms with Crippen molar-refractivity contribution in [1.82, 2.24) is 15.1 Å². The molecule has 0 bridgehead atoms. The summed E-state index contributed by atoms with van der Waals surface area (Å²) in [7, 11) is 0. The Morgan fingerprint density at radius 2 is 1.73 bits per heavy atom. The molecule has 2 heterocycles. The van der Waals surface area contributed by atoms with Gasteiger partial charge in [0.15, 0.2) is 0 Å². The van der Waals surface area contributed by atoms with Gasteiger partial charge in [-0.2, -0.15) is 0 Å². The van der Waals surface area contributed by atoms with Crippen molar-refractivity contribution in [2.45, 2.75) is 31.5 Å². The second kappa shape index (κ2) is 9.09. The number of nitrogens with zero attached hydrogens (tertiary/aromatic N) is 2. The maximum absolute atomic E-state index is 12.7. The van der Waals surface area contributed by atoms with Crippen molar-refractivity contribution in [2.24, 2.45) is 0 Å². The van der Waals surface area contributed by atoms with Crippen LogP contribution in [0.25, 0.3) is 0 Å². The number of carbonyl (C=O) groups excluding carboxylic acids is 3. The van der Waals surface area contributed by atoms with E-state index < -0.39 is 12.1 Å². The third kappa shape index (κ3) is 4.52. The van der Waals surface area contributed by atoms with E-state index in [0.29, 0.717) is 26.1 Å². The van der Waals surface area contributed by atoms with Gasteiger partial charge in [0.25, 0.3) is 5.91 Å². The first-order valence-corrected chi connectivity index (χ1v) is 10.2. The predicted molar refractivity (Wildman–Crippen MR) is 110 cm³/mol. The lowest BCUT2D eigenvalue weighted by atomic mass is 10.1. The molecule has 0 saturated carbocycles. The summed E-state index contributed by atoms with van der Waals surface area (Å²) in [6, 6.07) is 18.2. The quantitative estimate of drug-likeness (QED) is 0.747. The minimum absolute atomic E-state index is 0.0252. The molecule has 30 heavy (non-hydrogen) atoms. The SMILES string of the molecule is O=C(CC[C@H]1NC(=O)N(Cc2ccccc2)C1=O)N1CCO[C@H](c2ccccc2)C1. The Morgan fingerprint density at radius 1 is 1.03 bits per heavy atom. The van der Waals surface area contributed by atoms with Gasteiger partial charge in [0.05, 0.1) is 19.7 Å². The molecule has 2 aromatic rings. The van der Waals surface area contributed by atoms with Crippen LogP contribution >= 0.6 is 0 Å². The second-order valence-corrected chi connectivity index (χ2v) is 7.56. The van der Waals surface area contributed by atoms with E-state index in [-0.39, 0.29) is 30.9 Å². The molecule has 2 atom stereocenters. The number of nitrogens with one attached hydrogen (secondary N) is 1. The molecule has 2 fully saturated rings. The van der Waals surface area contributed by atoms with Crippen molar-refractivity contribution in [3.63, 3.8) is 0 Å². The number of rotatable bonds is 6. The largest absolute Gasteiger partial charge is 0.370 e. The van der Waals surface area contributed by atoms with Crippen LogP contribution in [0, 0.1) is 0 Å². The summed E-state index contributed by atoms with van der Waals surface area (Å²) in [5.74, 6) is -0.302. The van der Waals surface area contributed by atoms with Gasteiger partial charge in [0, 0.05) is 13.0 Å². The van der Waals surface area contributed by atoms with E-state index >= 15 is 0 Å². The number of urea groups is 1. The molecule has 2 aromatic carbocycles. The lowest BCUT2D eigenvalue weighted by Crippen LogP contribution is -2.43. The van der Waals surface area contributed by atoms with Crippen LogP contribution in [0.15, 0.2) is 60.7 Å². The van der Waals surface area contributed by atoms with Crippen LogP contribution in [-0.4, -0.2) is 53.4 Å². The fourth-order valence-electron chi connectivity index (χ4n) is 3.86. The normalized spacial score (nSPS) is 21.6. The number of morpholine rings is 1. The Balaban J connectivity index is 1.30. The summed E-state index contributed by atoms with van der Waals surface area (Å²) in [5.41, 5.74) is 1.93. The summed E-state index contributed by atoms with van der Waals surface area (Å²) in [5, 5.41) is 2.71. The molecule has 4 rings (SSSR count). The van der Waals surface area contributed by atoms with Crippen molar-refractivity contribution in [2.75, 3.05) is 19.7 Å². The number of imide groups is 1. The topological polar surface area (TPSA) is 79.0 Å². The predicted octanol–water partition coefficient (Wildman–Crippen LogP) is 2.49. The summed E-state index contributed by atoms with van der Waals surface area (Å²) in [6.45, 7) is 1.74. The standard InChI is InChI=1S/C23H25N3O4/c27-21(25-13-14-30-20(16-25)18-9-5-2-6-10-18)12-11-19-22(28)26(23(29)24-19)15-17-7-3-1-4-8-17/h1-10,19-20H,11-16H2,(H,24,29)/t19-,20+/m1/s1. The fraction of sp³-hybridized carbons (Fsp3) is 0.348. The summed E-state index contributed by atoms with van der Waals surface area (Å²) < 4.78 is 5.81. The van der Waals surface area contributed by atoms with Gasteiger partial charge in [-0.05, 0) is 17.5 Å². The molecule has 7 heteroatoms. The molecular weight excluding hydrogens is 382 g/mol. The molecule has 0 aliphatic carbocycles. The zero-order valence-corrected chi connectivity index (χ0v) is 16.7. The highest BCUT2D eigenvalue weighted by Crippen LogP contribution is 2.23. The van der Waals surface area contributed by atoms with Crippen molar-refractivity contribution in [3.05, 3.63) is 71.8 Å². The van der Waals surface area contributed by atoms with Gasteiger partial charge in [0.2, 0.25) is 5.91 Å². The minimum atomic E-state index is -0.656. The van der Waals surface area contributed by atoms with E-state index in [0.717, 1.165) is 11.1 Å². The number of amides is 4. The average Bonchev–Trinajstić information content (AvgIpc) is 3.06. The van der Waals surface area contributed by atoms with Crippen LogP contribution in [0.1, 0.15) is 30.1 Å². The molecule has 2 saturated heterocycles. The molecule has 0 radical (unpaired) electrons. The Kier molecular flexibility index (Phi) is 6.09. The van der Waals surface area contributed by atoms with E-state index in [1.165, 1.54) is 4.90 Å². The second-order valence-electron chi connectivity index (χ2n) is 7.56. The van der Waals surface area contributed by atoms with E-state index in [9.17, 15) is 14.4 Å². The molecule has 156 valence electrons. The first-order chi connectivity index (χ1) is 14.6. The molecule has 2 aliphatic heterocycles. The van der Waals surface area contributed by atoms with Gasteiger partial charge >= 0.3 is 6.03 Å². The van der Waals surface area contributed by atoms with Crippen LogP contribution in [-0.2, 0) is 20.9 Å². The monoisotopic (exact) mass is 407 g/mol. The number of hydrogen-bond acceptors (Lipinski definition) is 4. The van der Waals surface area contributed by atoms with E-state index in [4.69, 9.17) is 4.74 Å². The highest BCUT2D eigenvalue weighted by atomic mass is 16.5. The van der Waals surface area contributed by atoms with E-state index in [1.807, 2.05) is 60.7 Å². The lowest BCUT2D eigenvalue weighted by molar-refractivity contribution is -0.139. The minimum Gasteiger partial charge on any atom is -0.370 e. The smallest absolute Gasteiger partial charge is 0.325 e. The molecule has 7 nitrogen and oxygen atoms in total. The summed E-state index contributed by atoms with van der Waals surface area (Å²) in [6.07, 6.45) is 0.359. The summed E-state index contributed by atoms with van der Waals surface area (Å²) in [4.78, 5) is 40.6. The van der Waals surface area contributed by atoms with E-state index in [1.54, 1.807) is 4.90 Å². The number of benzene rings is 2. The molecule has 2 aliphatic rings. The molecular formula is C23H25N3O4. The number of ether oxygens (including phenoxy) is 1. The maximum atomic E-state index is 12.7. The molecule has 0 aromatic heterocycles. The molecule has 4 amide bonds. The van der Waals surface area contributed by atoms with Crippen molar-refractivity contribution in [3.8, 4) is 0 Å². The van der Waals surface area contributed by atoms with Crippen LogP contribution in [0.2, 0.25) is 0 Å². The van der Waals surface area contributed by atoms with Crippen LogP contribution in [0.4, 0.5) is 4.79 Å². The average molecular weight is 407 g/mol. The van der Waals surface area contributed by atoms with Gasteiger partial charge in [-0.15, -0.1) is 0 Å². The Hall–Kier alpha value is -3.19. The zero-order chi connectivity index (χ0) is 20.9. The van der Waals surface area contributed by atoms with Crippen LogP contribution in [0.3, 0.4) is 0 Å². The highest BCUT2D eigenvalue weighted by molar-refractivity contribution is 6.04. The van der Waals surface area contributed by atoms with Crippen LogP contribution < -0.4 is 5.32 Å². The number of hydrogen-bond donors (Lipinski definition) is 1. The zero-order valence-electron chi connectivity index (χ0n) is 16.7. The van der Waals surface area contributed by atoms with Gasteiger partial charge in [0.1, 0.15) is 12.1 Å². The van der Waals surface area contributed by atoms with Crippen LogP contribution in [0.5, 0.6) is 0 Å². The number of carbonyl (C=O) groups is 3. The van der Waals surface area contributed by atoms with Gasteiger partial charge < -0.3 is 15.0 Å². The van der Waals surface area contributed by atoms with Gasteiger partial charge in [-0.1, -0.05) is 60.7 Å². The Bertz CT molecular complexity index is 903. The molecule has 0 spiro atoms. The maximum Gasteiger partial charge on any atom is 0.325 e. The molecule has 0 unspecified atom stereocenters. The summed E-state index contributed by atoms with van der Waals surface area (Å²) >= 11 is 0. The fourth-order valence-corrected chi connectivity index (χ4v) is 3.86.